The summed E-state index contributed by atoms with van der Waals surface area (Å²) in [5, 5.41) is 7.17. The molecule has 5 heteroatoms. The fourth-order valence-electron chi connectivity index (χ4n) is 2.98. The lowest BCUT2D eigenvalue weighted by molar-refractivity contribution is -0.0279. The Balaban J connectivity index is 1.45. The van der Waals surface area contributed by atoms with Gasteiger partial charge in [0.2, 0.25) is 0 Å². The molecule has 0 aliphatic carbocycles. The first kappa shape index (κ1) is 17.9. The number of hydrogen-bond donors (Lipinski definition) is 2. The minimum Gasteiger partial charge on any atom is -0.374 e. The van der Waals surface area contributed by atoms with Crippen molar-refractivity contribution in [1.82, 2.24) is 10.2 Å². The van der Waals surface area contributed by atoms with Crippen LogP contribution < -0.4 is 10.6 Å². The maximum Gasteiger partial charge on any atom is 0.170 e. The summed E-state index contributed by atoms with van der Waals surface area (Å²) in [6.07, 6.45) is 0.147. The highest BCUT2D eigenvalue weighted by Gasteiger charge is 2.20. The van der Waals surface area contributed by atoms with E-state index in [1.54, 1.807) is 0 Å². The summed E-state index contributed by atoms with van der Waals surface area (Å²) in [7, 11) is 0. The molecule has 0 spiro atoms. The zero-order valence-electron chi connectivity index (χ0n) is 14.6. The van der Waals surface area contributed by atoms with E-state index in [0.29, 0.717) is 11.7 Å². The second-order valence-electron chi connectivity index (χ2n) is 6.36. The first-order valence-corrected chi connectivity index (χ1v) is 9.10. The number of morpholine rings is 1. The number of nitrogens with one attached hydrogen (secondary N) is 2. The van der Waals surface area contributed by atoms with E-state index in [-0.39, 0.29) is 6.10 Å². The van der Waals surface area contributed by atoms with Gasteiger partial charge in [-0.2, -0.15) is 0 Å². The molecule has 0 radical (unpaired) electrons. The fourth-order valence-corrected chi connectivity index (χ4v) is 3.17. The maximum absolute atomic E-state index is 5.88. The van der Waals surface area contributed by atoms with E-state index in [4.69, 9.17) is 17.0 Å². The smallest absolute Gasteiger partial charge is 0.170 e. The van der Waals surface area contributed by atoms with Gasteiger partial charge in [-0.25, -0.2) is 0 Å². The Morgan fingerprint density at radius 3 is 2.72 bits per heavy atom. The summed E-state index contributed by atoms with van der Waals surface area (Å²) < 4.78 is 5.88. The minimum atomic E-state index is 0.147. The quantitative estimate of drug-likeness (QED) is 0.806. The van der Waals surface area contributed by atoms with Gasteiger partial charge in [0.25, 0.3) is 0 Å². The van der Waals surface area contributed by atoms with E-state index in [1.165, 1.54) is 11.1 Å². The average molecular weight is 356 g/mol. The van der Waals surface area contributed by atoms with Crippen molar-refractivity contribution in [1.29, 1.82) is 0 Å². The van der Waals surface area contributed by atoms with Crippen molar-refractivity contribution in [2.45, 2.75) is 19.6 Å². The van der Waals surface area contributed by atoms with Crippen molar-refractivity contribution >= 4 is 23.0 Å². The molecular weight excluding hydrogens is 330 g/mol. The number of aryl methyl sites for hydroxylation is 1. The van der Waals surface area contributed by atoms with Crippen LogP contribution >= 0.6 is 12.2 Å². The fraction of sp³-hybridized carbons (Fsp3) is 0.350. The number of anilines is 1. The molecule has 3 rings (SSSR count). The first-order valence-electron chi connectivity index (χ1n) is 8.69. The number of hydrogen-bond acceptors (Lipinski definition) is 3. The van der Waals surface area contributed by atoms with Gasteiger partial charge in [-0.1, -0.05) is 48.5 Å². The molecule has 4 nitrogen and oxygen atoms in total. The van der Waals surface area contributed by atoms with Gasteiger partial charge < -0.3 is 15.4 Å². The maximum atomic E-state index is 5.88. The monoisotopic (exact) mass is 355 g/mol. The van der Waals surface area contributed by atoms with Crippen LogP contribution in [-0.2, 0) is 11.3 Å². The van der Waals surface area contributed by atoms with E-state index >= 15 is 0 Å². The summed E-state index contributed by atoms with van der Waals surface area (Å²) >= 11 is 5.41. The number of thiocarbonyl (C=S) groups is 1. The predicted molar refractivity (Wildman–Crippen MR) is 107 cm³/mol. The highest BCUT2D eigenvalue weighted by Crippen LogP contribution is 2.13. The minimum absolute atomic E-state index is 0.147. The van der Waals surface area contributed by atoms with Gasteiger partial charge >= 0.3 is 0 Å². The van der Waals surface area contributed by atoms with Gasteiger partial charge in [0.15, 0.2) is 5.11 Å². The highest BCUT2D eigenvalue weighted by molar-refractivity contribution is 7.80. The third-order valence-corrected chi connectivity index (χ3v) is 4.60. The first-order chi connectivity index (χ1) is 12.2. The van der Waals surface area contributed by atoms with Gasteiger partial charge in [-0.3, -0.25) is 4.90 Å². The lowest BCUT2D eigenvalue weighted by Gasteiger charge is -2.33. The number of rotatable bonds is 5. The Kier molecular flexibility index (Phi) is 6.39. The third kappa shape index (κ3) is 5.53. The molecule has 2 aromatic carbocycles. The summed E-state index contributed by atoms with van der Waals surface area (Å²) in [6.45, 7) is 6.38. The van der Waals surface area contributed by atoms with Crippen molar-refractivity contribution in [2.24, 2.45) is 0 Å². The van der Waals surface area contributed by atoms with E-state index in [1.807, 2.05) is 18.2 Å². The van der Waals surface area contributed by atoms with E-state index < -0.39 is 0 Å². The molecule has 2 aromatic rings. The zero-order chi connectivity index (χ0) is 17.5. The van der Waals surface area contributed by atoms with Crippen molar-refractivity contribution in [3.05, 3.63) is 65.7 Å². The van der Waals surface area contributed by atoms with Crippen LogP contribution in [-0.4, -0.2) is 42.4 Å². The normalized spacial score (nSPS) is 17.9. The molecule has 1 saturated heterocycles. The molecule has 2 N–H and O–H groups in total. The topological polar surface area (TPSA) is 36.5 Å². The van der Waals surface area contributed by atoms with E-state index in [2.05, 4.69) is 58.9 Å². The number of benzene rings is 2. The molecule has 0 bridgehead atoms. The second-order valence-corrected chi connectivity index (χ2v) is 6.77. The van der Waals surface area contributed by atoms with Gasteiger partial charge in [0.05, 0.1) is 12.7 Å². The molecule has 0 saturated carbocycles. The molecule has 1 heterocycles. The average Bonchev–Trinajstić information content (AvgIpc) is 2.63. The Labute approximate surface area is 155 Å². The molecule has 1 aliphatic heterocycles. The Morgan fingerprint density at radius 2 is 1.92 bits per heavy atom. The molecule has 25 heavy (non-hydrogen) atoms. The van der Waals surface area contributed by atoms with Crippen LogP contribution in [0.25, 0.3) is 0 Å². The van der Waals surface area contributed by atoms with Gasteiger partial charge in [0.1, 0.15) is 0 Å². The van der Waals surface area contributed by atoms with E-state index in [9.17, 15) is 0 Å². The summed E-state index contributed by atoms with van der Waals surface area (Å²) in [4.78, 5) is 2.43. The predicted octanol–water partition coefficient (Wildman–Crippen LogP) is 3.18. The standard InChI is InChI=1S/C20H25N3OS/c1-16-7-5-6-10-19(16)22-20(25)21-13-18-15-23(11-12-24-18)14-17-8-3-2-4-9-17/h2-10,18H,11-15H2,1H3,(H2,21,22,25)/t18-/m0/s1. The van der Waals surface area contributed by atoms with Crippen molar-refractivity contribution in [3.63, 3.8) is 0 Å². The summed E-state index contributed by atoms with van der Waals surface area (Å²) in [5.74, 6) is 0. The van der Waals surface area contributed by atoms with Gasteiger partial charge in [0, 0.05) is 31.9 Å². The largest absolute Gasteiger partial charge is 0.374 e. The number of ether oxygens (including phenoxy) is 1. The molecule has 1 fully saturated rings. The van der Waals surface area contributed by atoms with Crippen LogP contribution in [0.5, 0.6) is 0 Å². The molecular formula is C20H25N3OS. The molecule has 0 aromatic heterocycles. The van der Waals surface area contributed by atoms with Crippen molar-refractivity contribution in [3.8, 4) is 0 Å². The highest BCUT2D eigenvalue weighted by atomic mass is 32.1. The molecule has 0 unspecified atom stereocenters. The van der Waals surface area contributed by atoms with Gasteiger partial charge in [-0.15, -0.1) is 0 Å². The van der Waals surface area contributed by atoms with Crippen LogP contribution in [0, 0.1) is 6.92 Å². The van der Waals surface area contributed by atoms with Crippen molar-refractivity contribution in [2.75, 3.05) is 31.6 Å². The third-order valence-electron chi connectivity index (χ3n) is 4.36. The second kappa shape index (κ2) is 8.94. The van der Waals surface area contributed by atoms with Gasteiger partial charge in [-0.05, 0) is 36.3 Å². The van der Waals surface area contributed by atoms with Crippen molar-refractivity contribution < 1.29 is 4.74 Å². The number of nitrogens with zero attached hydrogens (tertiary/aromatic N) is 1. The lowest BCUT2D eigenvalue weighted by Crippen LogP contribution is -2.47. The Hall–Kier alpha value is -1.95. The van der Waals surface area contributed by atoms with Crippen LogP contribution in [0.15, 0.2) is 54.6 Å². The Bertz CT molecular complexity index is 692. The SMILES string of the molecule is Cc1ccccc1NC(=S)NC[C@H]1CN(Cc2ccccc2)CCO1. The lowest BCUT2D eigenvalue weighted by atomic mass is 10.2. The van der Waals surface area contributed by atoms with Crippen LogP contribution in [0.2, 0.25) is 0 Å². The molecule has 1 atom stereocenters. The summed E-state index contributed by atoms with van der Waals surface area (Å²) in [5.41, 5.74) is 3.55. The summed E-state index contributed by atoms with van der Waals surface area (Å²) in [6, 6.07) is 18.7. The van der Waals surface area contributed by atoms with Crippen LogP contribution in [0.3, 0.4) is 0 Å². The van der Waals surface area contributed by atoms with E-state index in [0.717, 1.165) is 31.9 Å². The molecule has 0 amide bonds. The number of para-hydroxylation sites is 1. The van der Waals surface area contributed by atoms with Crippen LogP contribution in [0.1, 0.15) is 11.1 Å². The Morgan fingerprint density at radius 1 is 1.16 bits per heavy atom. The van der Waals surface area contributed by atoms with Crippen LogP contribution in [0.4, 0.5) is 5.69 Å². The molecule has 1 aliphatic rings. The zero-order valence-corrected chi connectivity index (χ0v) is 15.4. The molecule has 132 valence electrons.